The molecule has 0 bridgehead atoms. The lowest BCUT2D eigenvalue weighted by molar-refractivity contribution is -0.150. The van der Waals surface area contributed by atoms with E-state index in [9.17, 15) is 29.7 Å². The first-order valence-corrected chi connectivity index (χ1v) is 38.3. The molecule has 3 aliphatic carbocycles. The zero-order chi connectivity index (χ0) is 79.0. The van der Waals surface area contributed by atoms with Crippen molar-refractivity contribution in [1.82, 2.24) is 73.0 Å². The van der Waals surface area contributed by atoms with Crippen molar-refractivity contribution in [1.29, 1.82) is 0 Å². The Balaban J connectivity index is 0.000000146. The number of piperazine rings is 3. The number of aryl methyl sites for hydroxylation is 3. The van der Waals surface area contributed by atoms with Gasteiger partial charge in [0.05, 0.1) is 89.9 Å². The number of aromatic nitrogens is 9. The largest absolute Gasteiger partial charge is 0.381 e. The van der Waals surface area contributed by atoms with E-state index in [1.165, 1.54) is 41.5 Å². The van der Waals surface area contributed by atoms with Crippen LogP contribution in [-0.2, 0) is 49.7 Å². The highest BCUT2D eigenvalue weighted by Gasteiger charge is 2.43. The van der Waals surface area contributed by atoms with E-state index < -0.39 is 16.8 Å². The summed E-state index contributed by atoms with van der Waals surface area (Å²) >= 11 is 19.7. The zero-order valence-electron chi connectivity index (χ0n) is 64.7. The molecule has 3 unspecified atom stereocenters. The third-order valence-electron chi connectivity index (χ3n) is 21.6. The highest BCUT2D eigenvalue weighted by Crippen LogP contribution is 2.49. The molecule has 9 aromatic rings. The molecule has 3 fully saturated rings. The fourth-order valence-corrected chi connectivity index (χ4v) is 16.6. The van der Waals surface area contributed by atoms with E-state index in [4.69, 9.17) is 64.0 Å². The van der Waals surface area contributed by atoms with Gasteiger partial charge in [0.25, 0.3) is 17.7 Å². The highest BCUT2D eigenvalue weighted by molar-refractivity contribution is 6.31. The minimum Gasteiger partial charge on any atom is -0.381 e. The molecule has 6 atom stereocenters. The van der Waals surface area contributed by atoms with E-state index in [2.05, 4.69) is 84.3 Å². The molecule has 6 aromatic heterocycles. The van der Waals surface area contributed by atoms with Gasteiger partial charge in [-0.3, -0.25) is 44.0 Å². The summed E-state index contributed by atoms with van der Waals surface area (Å²) in [5, 5.41) is 32.6. The van der Waals surface area contributed by atoms with Crippen molar-refractivity contribution >= 4 is 87.5 Å². The molecule has 24 nitrogen and oxygen atoms in total. The molecule has 3 aliphatic heterocycles. The number of aliphatic hydroxyl groups is 3. The highest BCUT2D eigenvalue weighted by atomic mass is 35.5. The molecule has 3 aromatic carbocycles. The molecular formula is C84H96Cl3N15O9. The van der Waals surface area contributed by atoms with Crippen LogP contribution in [0.3, 0.4) is 0 Å². The number of fused-ring (bicyclic) bond motifs is 6. The van der Waals surface area contributed by atoms with Gasteiger partial charge in [0.1, 0.15) is 35.1 Å². The number of carbonyl (C=O) groups excluding carboxylic acids is 3. The number of benzene rings is 3. The second kappa shape index (κ2) is 33.3. The van der Waals surface area contributed by atoms with Gasteiger partial charge in [-0.1, -0.05) is 71.2 Å². The van der Waals surface area contributed by atoms with Crippen LogP contribution in [0, 0.1) is 0 Å². The third kappa shape index (κ3) is 16.7. The summed E-state index contributed by atoms with van der Waals surface area (Å²) in [6.07, 6.45) is 21.6. The van der Waals surface area contributed by atoms with Crippen LogP contribution < -0.4 is 0 Å². The SMILES string of the molecule is COC(C1=Cc2cccnc2[C@@H](N2CCN(C(=O)C(C)(C)O)CC2)c2ccc(Cl)cc21)c1cncn1C.COC(C1=Cc2cccnc2[C@@H](N2CCN(C(=O)C(C)(C)O)CC2)c2ccc(Cl)cc21)c1cncn1C.COC(C1=Cc2cccnc2[C@@H](N2CCN(C(=O)C(C)(C)O)CC2)c2ccc(Cl)cc21)c1cncn1C. The van der Waals surface area contributed by atoms with Gasteiger partial charge in [0.2, 0.25) is 0 Å². The Morgan fingerprint density at radius 3 is 0.874 bits per heavy atom. The number of imidazole rings is 3. The third-order valence-corrected chi connectivity index (χ3v) is 22.3. The number of hydrogen-bond donors (Lipinski definition) is 3. The van der Waals surface area contributed by atoms with Crippen molar-refractivity contribution in [2.75, 3.05) is 99.9 Å². The number of amides is 3. The molecule has 9 heterocycles. The van der Waals surface area contributed by atoms with E-state index >= 15 is 0 Å². The average molecular weight is 1570 g/mol. The van der Waals surface area contributed by atoms with Gasteiger partial charge in [-0.2, -0.15) is 0 Å². The number of halogens is 3. The number of rotatable bonds is 15. The van der Waals surface area contributed by atoms with Gasteiger partial charge in [-0.25, -0.2) is 15.0 Å². The molecule has 15 rings (SSSR count). The van der Waals surface area contributed by atoms with E-state index in [1.54, 1.807) is 55.0 Å². The van der Waals surface area contributed by atoms with Gasteiger partial charge < -0.3 is 57.9 Å². The number of methoxy groups -OCH3 is 3. The lowest BCUT2D eigenvalue weighted by Crippen LogP contribution is -2.54. The maximum absolute atomic E-state index is 12.7. The predicted octanol–water partition coefficient (Wildman–Crippen LogP) is 11.1. The van der Waals surface area contributed by atoms with Crippen LogP contribution in [0.15, 0.2) is 147 Å². The lowest BCUT2D eigenvalue weighted by atomic mass is 9.91. The molecule has 3 amide bonds. The normalized spacial score (nSPS) is 19.0. The Morgan fingerprint density at radius 1 is 0.405 bits per heavy atom. The summed E-state index contributed by atoms with van der Waals surface area (Å²) in [5.41, 5.74) is 13.7. The van der Waals surface area contributed by atoms with Gasteiger partial charge in [0, 0.05) is 155 Å². The first-order valence-electron chi connectivity index (χ1n) is 37.2. The van der Waals surface area contributed by atoms with Gasteiger partial charge in [-0.05, 0) is 181 Å². The second-order valence-electron chi connectivity index (χ2n) is 30.4. The summed E-state index contributed by atoms with van der Waals surface area (Å²) < 4.78 is 24.1. The quantitative estimate of drug-likeness (QED) is 0.0862. The Bertz CT molecular complexity index is 4500. The van der Waals surface area contributed by atoms with E-state index in [0.717, 1.165) is 101 Å². The average Bonchev–Trinajstić information content (AvgIpc) is 1.65. The van der Waals surface area contributed by atoms with Crippen LogP contribution >= 0.6 is 34.8 Å². The summed E-state index contributed by atoms with van der Waals surface area (Å²) in [4.78, 5) is 77.8. The Morgan fingerprint density at radius 2 is 0.658 bits per heavy atom. The Hall–Kier alpha value is -9.12. The molecule has 0 radical (unpaired) electrons. The fourth-order valence-electron chi connectivity index (χ4n) is 16.1. The smallest absolute Gasteiger partial charge is 0.254 e. The minimum absolute atomic E-state index is 0.138. The number of pyridine rings is 3. The van der Waals surface area contributed by atoms with Gasteiger partial charge >= 0.3 is 0 Å². The second-order valence-corrected chi connectivity index (χ2v) is 31.7. The number of hydrogen-bond acceptors (Lipinski definition) is 18. The lowest BCUT2D eigenvalue weighted by Gasteiger charge is -2.41. The van der Waals surface area contributed by atoms with Gasteiger partial charge in [-0.15, -0.1) is 0 Å². The standard InChI is InChI=1S/3C28H32ClN5O3/c3*1-28(2,36)27(35)34-12-10-33(11-13-34)25-20-8-7-19(29)15-21(20)22(14-18-6-5-9-31-24(18)25)26(37-4)23-16-30-17-32(23)3/h3*5-9,14-17,25-26,36H,10-13H2,1-4H3/t3*25-,26?/m000/s1. The van der Waals surface area contributed by atoms with Crippen LogP contribution in [0.4, 0.5) is 0 Å². The fraction of sp³-hybridized carbons (Fsp3) is 0.393. The van der Waals surface area contributed by atoms with E-state index in [0.29, 0.717) is 93.6 Å². The molecule has 6 aliphatic rings. The topological polar surface area (TPSA) is 251 Å². The Kier molecular flexibility index (Phi) is 24.0. The van der Waals surface area contributed by atoms with Crippen molar-refractivity contribution in [3.63, 3.8) is 0 Å². The molecule has 3 saturated heterocycles. The number of carbonyl (C=O) groups is 3. The van der Waals surface area contributed by atoms with Crippen LogP contribution in [0.25, 0.3) is 34.9 Å². The first kappa shape index (κ1) is 79.9. The maximum atomic E-state index is 12.7. The van der Waals surface area contributed by atoms with Crippen molar-refractivity contribution in [2.24, 2.45) is 21.1 Å². The number of nitrogens with zero attached hydrogens (tertiary/aromatic N) is 15. The maximum Gasteiger partial charge on any atom is 0.254 e. The summed E-state index contributed by atoms with van der Waals surface area (Å²) in [6.45, 7) is 16.3. The Labute approximate surface area is 662 Å². The molecule has 0 spiro atoms. The summed E-state index contributed by atoms with van der Waals surface area (Å²) in [6, 6.07) is 29.6. The van der Waals surface area contributed by atoms with Crippen molar-refractivity contribution in [2.45, 2.75) is 94.8 Å². The molecular weight excluding hydrogens is 1470 g/mol. The van der Waals surface area contributed by atoms with Crippen molar-refractivity contribution in [3.8, 4) is 0 Å². The monoisotopic (exact) mass is 1560 g/mol. The summed E-state index contributed by atoms with van der Waals surface area (Å²) in [5.74, 6) is -0.745. The number of ether oxygens (including phenoxy) is 3. The molecule has 3 N–H and O–H groups in total. The van der Waals surface area contributed by atoms with Crippen molar-refractivity contribution in [3.05, 3.63) is 246 Å². The van der Waals surface area contributed by atoms with Gasteiger partial charge in [0.15, 0.2) is 0 Å². The molecule has 0 saturated carbocycles. The van der Waals surface area contributed by atoms with E-state index in [1.807, 2.05) is 127 Å². The minimum atomic E-state index is -1.39. The molecule has 27 heteroatoms. The molecule has 582 valence electrons. The van der Waals surface area contributed by atoms with Crippen LogP contribution in [-0.4, -0.2) is 223 Å². The predicted molar refractivity (Wildman–Crippen MR) is 428 cm³/mol. The molecule has 111 heavy (non-hydrogen) atoms. The van der Waals surface area contributed by atoms with E-state index in [-0.39, 0.29) is 54.2 Å². The van der Waals surface area contributed by atoms with Crippen LogP contribution in [0.2, 0.25) is 15.1 Å². The summed E-state index contributed by atoms with van der Waals surface area (Å²) in [7, 11) is 11.0. The van der Waals surface area contributed by atoms with Crippen LogP contribution in [0.5, 0.6) is 0 Å². The first-order chi connectivity index (χ1) is 53.1. The van der Waals surface area contributed by atoms with Crippen LogP contribution in [0.1, 0.15) is 162 Å². The van der Waals surface area contributed by atoms with Crippen molar-refractivity contribution < 1.29 is 43.9 Å². The zero-order valence-corrected chi connectivity index (χ0v) is 66.9.